The molecular weight excluding hydrogens is 345 g/mol. The van der Waals surface area contributed by atoms with Gasteiger partial charge in [-0.25, -0.2) is 4.39 Å². The van der Waals surface area contributed by atoms with Gasteiger partial charge in [0, 0.05) is 24.6 Å². The molecule has 1 amide bonds. The summed E-state index contributed by atoms with van der Waals surface area (Å²) in [5.41, 5.74) is 1.73. The normalized spacial score (nSPS) is 15.1. The molecule has 1 aliphatic rings. The molecule has 138 valence electrons. The van der Waals surface area contributed by atoms with Crippen molar-refractivity contribution in [3.8, 4) is 11.5 Å². The first-order chi connectivity index (χ1) is 13.2. The zero-order valence-corrected chi connectivity index (χ0v) is 14.8. The van der Waals surface area contributed by atoms with Crippen LogP contribution in [0.5, 0.6) is 0 Å². The third kappa shape index (κ3) is 4.05. The standard InChI is InChI=1S/C21H20FN3O2/c22-18-8-6-16(7-9-18)20-23-24-21(27-20)17-10-12-25(13-11-17)19(26)14-15-4-2-1-3-5-15/h1-9,17H,10-14H2. The number of benzene rings is 2. The lowest BCUT2D eigenvalue weighted by Crippen LogP contribution is -2.38. The number of piperidine rings is 1. The van der Waals surface area contributed by atoms with Gasteiger partial charge in [0.1, 0.15) is 5.82 Å². The second-order valence-corrected chi connectivity index (χ2v) is 6.77. The van der Waals surface area contributed by atoms with Crippen molar-refractivity contribution in [2.75, 3.05) is 13.1 Å². The van der Waals surface area contributed by atoms with E-state index in [0.29, 0.717) is 36.9 Å². The van der Waals surface area contributed by atoms with Crippen LogP contribution in [0.4, 0.5) is 4.39 Å². The molecule has 1 aromatic heterocycles. The summed E-state index contributed by atoms with van der Waals surface area (Å²) in [4.78, 5) is 14.4. The largest absolute Gasteiger partial charge is 0.420 e. The van der Waals surface area contributed by atoms with Gasteiger partial charge in [-0.2, -0.15) is 0 Å². The highest BCUT2D eigenvalue weighted by atomic mass is 19.1. The smallest absolute Gasteiger partial charge is 0.247 e. The molecule has 2 aromatic carbocycles. The van der Waals surface area contributed by atoms with Crippen LogP contribution in [0.15, 0.2) is 59.0 Å². The Balaban J connectivity index is 1.35. The predicted molar refractivity (Wildman–Crippen MR) is 98.4 cm³/mol. The number of carbonyl (C=O) groups excluding carboxylic acids is 1. The van der Waals surface area contributed by atoms with E-state index in [1.807, 2.05) is 35.2 Å². The van der Waals surface area contributed by atoms with Crippen LogP contribution in [0.1, 0.15) is 30.2 Å². The predicted octanol–water partition coefficient (Wildman–Crippen LogP) is 3.82. The van der Waals surface area contributed by atoms with Gasteiger partial charge in [0.15, 0.2) is 0 Å². The molecule has 1 saturated heterocycles. The number of hydrogen-bond acceptors (Lipinski definition) is 4. The Bertz CT molecular complexity index is 901. The van der Waals surface area contributed by atoms with E-state index in [9.17, 15) is 9.18 Å². The van der Waals surface area contributed by atoms with E-state index < -0.39 is 0 Å². The molecule has 6 heteroatoms. The minimum Gasteiger partial charge on any atom is -0.420 e. The molecule has 0 unspecified atom stereocenters. The zero-order valence-electron chi connectivity index (χ0n) is 14.8. The number of aromatic nitrogens is 2. The molecule has 5 nitrogen and oxygen atoms in total. The highest BCUT2D eigenvalue weighted by Crippen LogP contribution is 2.29. The van der Waals surface area contributed by atoms with Gasteiger partial charge in [-0.15, -0.1) is 10.2 Å². The number of halogens is 1. The van der Waals surface area contributed by atoms with E-state index in [-0.39, 0.29) is 17.6 Å². The van der Waals surface area contributed by atoms with Crippen molar-refractivity contribution in [3.63, 3.8) is 0 Å². The lowest BCUT2D eigenvalue weighted by atomic mass is 9.96. The van der Waals surface area contributed by atoms with Crippen molar-refractivity contribution < 1.29 is 13.6 Å². The topological polar surface area (TPSA) is 59.2 Å². The van der Waals surface area contributed by atoms with Crippen molar-refractivity contribution in [1.29, 1.82) is 0 Å². The number of carbonyl (C=O) groups is 1. The minimum atomic E-state index is -0.300. The third-order valence-corrected chi connectivity index (χ3v) is 4.93. The minimum absolute atomic E-state index is 0.146. The molecule has 0 saturated carbocycles. The maximum Gasteiger partial charge on any atom is 0.247 e. The molecule has 0 aliphatic carbocycles. The van der Waals surface area contributed by atoms with Gasteiger partial charge in [-0.3, -0.25) is 4.79 Å². The van der Waals surface area contributed by atoms with Gasteiger partial charge in [0.05, 0.1) is 6.42 Å². The van der Waals surface area contributed by atoms with Gasteiger partial charge in [-0.1, -0.05) is 30.3 Å². The van der Waals surface area contributed by atoms with Crippen LogP contribution in [0, 0.1) is 5.82 Å². The SMILES string of the molecule is O=C(Cc1ccccc1)N1CCC(c2nnc(-c3ccc(F)cc3)o2)CC1. The van der Waals surface area contributed by atoms with E-state index in [4.69, 9.17) is 4.42 Å². The maximum atomic E-state index is 13.0. The van der Waals surface area contributed by atoms with Crippen molar-refractivity contribution in [2.45, 2.75) is 25.2 Å². The van der Waals surface area contributed by atoms with Crippen molar-refractivity contribution in [2.24, 2.45) is 0 Å². The summed E-state index contributed by atoms with van der Waals surface area (Å²) in [7, 11) is 0. The first-order valence-corrected chi connectivity index (χ1v) is 9.10. The van der Waals surface area contributed by atoms with Crippen LogP contribution in [0.25, 0.3) is 11.5 Å². The molecule has 3 aromatic rings. The number of hydrogen-bond donors (Lipinski definition) is 0. The number of likely N-dealkylation sites (tertiary alicyclic amines) is 1. The van der Waals surface area contributed by atoms with E-state index in [1.165, 1.54) is 12.1 Å². The fourth-order valence-corrected chi connectivity index (χ4v) is 3.37. The molecule has 1 fully saturated rings. The first kappa shape index (κ1) is 17.4. The molecule has 0 spiro atoms. The number of amides is 1. The second-order valence-electron chi connectivity index (χ2n) is 6.77. The molecule has 2 heterocycles. The molecule has 27 heavy (non-hydrogen) atoms. The summed E-state index contributed by atoms with van der Waals surface area (Å²) in [5, 5.41) is 8.24. The summed E-state index contributed by atoms with van der Waals surface area (Å²) in [6.45, 7) is 1.37. The highest BCUT2D eigenvalue weighted by Gasteiger charge is 2.27. The summed E-state index contributed by atoms with van der Waals surface area (Å²) >= 11 is 0. The monoisotopic (exact) mass is 365 g/mol. The van der Waals surface area contributed by atoms with E-state index in [2.05, 4.69) is 10.2 Å². The van der Waals surface area contributed by atoms with Crippen molar-refractivity contribution >= 4 is 5.91 Å². The Morgan fingerprint density at radius 3 is 2.44 bits per heavy atom. The fraction of sp³-hybridized carbons (Fsp3) is 0.286. The van der Waals surface area contributed by atoms with E-state index >= 15 is 0 Å². The maximum absolute atomic E-state index is 13.0. The molecule has 0 radical (unpaired) electrons. The average Bonchev–Trinajstić information content (AvgIpc) is 3.20. The lowest BCUT2D eigenvalue weighted by molar-refractivity contribution is -0.131. The third-order valence-electron chi connectivity index (χ3n) is 4.93. The van der Waals surface area contributed by atoms with Gasteiger partial charge in [-0.05, 0) is 42.7 Å². The second kappa shape index (κ2) is 7.70. The van der Waals surface area contributed by atoms with Gasteiger partial charge in [0.25, 0.3) is 0 Å². The zero-order chi connectivity index (χ0) is 18.6. The Morgan fingerprint density at radius 2 is 1.74 bits per heavy atom. The number of nitrogens with zero attached hydrogens (tertiary/aromatic N) is 3. The molecule has 0 bridgehead atoms. The lowest BCUT2D eigenvalue weighted by Gasteiger charge is -2.30. The summed E-state index contributed by atoms with van der Waals surface area (Å²) in [6, 6.07) is 15.8. The average molecular weight is 365 g/mol. The fourth-order valence-electron chi connectivity index (χ4n) is 3.37. The molecule has 0 atom stereocenters. The Kier molecular flexibility index (Phi) is 4.96. The summed E-state index contributed by atoms with van der Waals surface area (Å²) < 4.78 is 18.8. The molecular formula is C21H20FN3O2. The highest BCUT2D eigenvalue weighted by molar-refractivity contribution is 5.78. The summed E-state index contributed by atoms with van der Waals surface area (Å²) in [6.07, 6.45) is 2.03. The summed E-state index contributed by atoms with van der Waals surface area (Å²) in [5.74, 6) is 0.979. The van der Waals surface area contributed by atoms with Gasteiger partial charge in [0.2, 0.25) is 17.7 Å². The Morgan fingerprint density at radius 1 is 1.04 bits per heavy atom. The van der Waals surface area contributed by atoms with Crippen LogP contribution in [0.2, 0.25) is 0 Å². The van der Waals surface area contributed by atoms with E-state index in [1.54, 1.807) is 12.1 Å². The van der Waals surface area contributed by atoms with Crippen molar-refractivity contribution in [3.05, 3.63) is 71.9 Å². The van der Waals surface area contributed by atoms with E-state index in [0.717, 1.165) is 18.4 Å². The van der Waals surface area contributed by atoms with Crippen LogP contribution in [-0.4, -0.2) is 34.1 Å². The van der Waals surface area contributed by atoms with Gasteiger partial charge >= 0.3 is 0 Å². The quantitative estimate of drug-likeness (QED) is 0.705. The van der Waals surface area contributed by atoms with Crippen LogP contribution < -0.4 is 0 Å². The number of rotatable bonds is 4. The van der Waals surface area contributed by atoms with Crippen LogP contribution >= 0.6 is 0 Å². The Hall–Kier alpha value is -3.02. The molecule has 1 aliphatic heterocycles. The van der Waals surface area contributed by atoms with Crippen molar-refractivity contribution in [1.82, 2.24) is 15.1 Å². The first-order valence-electron chi connectivity index (χ1n) is 9.10. The van der Waals surface area contributed by atoms with Gasteiger partial charge < -0.3 is 9.32 Å². The molecule has 4 rings (SSSR count). The Labute approximate surface area is 156 Å². The molecule has 0 N–H and O–H groups in total. The van der Waals surface area contributed by atoms with Crippen LogP contribution in [-0.2, 0) is 11.2 Å². The van der Waals surface area contributed by atoms with Crippen LogP contribution in [0.3, 0.4) is 0 Å².